The molecule has 0 saturated heterocycles. The van der Waals surface area contributed by atoms with Crippen molar-refractivity contribution < 1.29 is 4.39 Å². The van der Waals surface area contributed by atoms with E-state index in [0.717, 1.165) is 19.3 Å². The van der Waals surface area contributed by atoms with Crippen molar-refractivity contribution >= 4 is 34.3 Å². The molecule has 1 heterocycles. The van der Waals surface area contributed by atoms with Crippen molar-refractivity contribution in [2.24, 2.45) is 0 Å². The summed E-state index contributed by atoms with van der Waals surface area (Å²) in [7, 11) is 0. The summed E-state index contributed by atoms with van der Waals surface area (Å²) in [4.78, 5) is 17.5. The van der Waals surface area contributed by atoms with Crippen LogP contribution in [0, 0.1) is 5.82 Å². The summed E-state index contributed by atoms with van der Waals surface area (Å²) in [6.07, 6.45) is 3.02. The van der Waals surface area contributed by atoms with Crippen LogP contribution in [0.2, 0.25) is 5.02 Å². The van der Waals surface area contributed by atoms with Crippen LogP contribution in [0.1, 0.15) is 31.7 Å². The van der Waals surface area contributed by atoms with E-state index < -0.39 is 0 Å². The van der Waals surface area contributed by atoms with Crippen molar-refractivity contribution in [3.05, 3.63) is 69.2 Å². The smallest absolute Gasteiger partial charge is 0.262 e. The van der Waals surface area contributed by atoms with Gasteiger partial charge in [0.1, 0.15) is 5.82 Å². The summed E-state index contributed by atoms with van der Waals surface area (Å²) in [5, 5.41) is 1.60. The van der Waals surface area contributed by atoms with Crippen LogP contribution in [-0.4, -0.2) is 9.55 Å². The Hall–Kier alpha value is -1.85. The molecule has 26 heavy (non-hydrogen) atoms. The molecule has 0 unspecified atom stereocenters. The molecule has 0 aliphatic carbocycles. The Morgan fingerprint density at radius 2 is 1.96 bits per heavy atom. The monoisotopic (exact) mass is 390 g/mol. The fraction of sp³-hybridized carbons (Fsp3) is 0.300. The Morgan fingerprint density at radius 3 is 2.73 bits per heavy atom. The van der Waals surface area contributed by atoms with Crippen LogP contribution in [0.25, 0.3) is 10.9 Å². The van der Waals surface area contributed by atoms with Crippen LogP contribution in [0.5, 0.6) is 0 Å². The largest absolute Gasteiger partial charge is 0.287 e. The van der Waals surface area contributed by atoms with Gasteiger partial charge in [0.25, 0.3) is 5.56 Å². The third-order valence-corrected chi connectivity index (χ3v) is 5.58. The zero-order valence-corrected chi connectivity index (χ0v) is 16.1. The van der Waals surface area contributed by atoms with E-state index in [1.165, 1.54) is 17.8 Å². The van der Waals surface area contributed by atoms with Crippen LogP contribution < -0.4 is 5.56 Å². The molecule has 0 bridgehead atoms. The number of rotatable bonds is 7. The highest BCUT2D eigenvalue weighted by Crippen LogP contribution is 2.28. The molecule has 2 aromatic carbocycles. The van der Waals surface area contributed by atoms with Gasteiger partial charge in [-0.1, -0.05) is 61.3 Å². The molecule has 136 valence electrons. The lowest BCUT2D eigenvalue weighted by Gasteiger charge is -2.13. The van der Waals surface area contributed by atoms with Crippen LogP contribution in [0.3, 0.4) is 0 Å². The van der Waals surface area contributed by atoms with Crippen LogP contribution in [0.15, 0.2) is 52.4 Å². The number of thioether (sulfide) groups is 1. The first kappa shape index (κ1) is 18.9. The minimum Gasteiger partial charge on any atom is -0.287 e. The van der Waals surface area contributed by atoms with Crippen LogP contribution >= 0.6 is 23.4 Å². The minimum absolute atomic E-state index is 0.0474. The number of hydrogen-bond acceptors (Lipinski definition) is 3. The Bertz CT molecular complexity index is 953. The van der Waals surface area contributed by atoms with Gasteiger partial charge < -0.3 is 0 Å². The van der Waals surface area contributed by atoms with Gasteiger partial charge in [0.2, 0.25) is 0 Å². The molecular weight excluding hydrogens is 371 g/mol. The predicted molar refractivity (Wildman–Crippen MR) is 106 cm³/mol. The molecule has 0 aliphatic heterocycles. The van der Waals surface area contributed by atoms with E-state index >= 15 is 0 Å². The third-order valence-electron chi connectivity index (χ3n) is 4.22. The van der Waals surface area contributed by atoms with Crippen molar-refractivity contribution in [2.45, 2.75) is 43.6 Å². The van der Waals surface area contributed by atoms with E-state index in [-0.39, 0.29) is 11.4 Å². The Labute approximate surface area is 161 Å². The summed E-state index contributed by atoms with van der Waals surface area (Å²) in [6, 6.07) is 12.0. The maximum Gasteiger partial charge on any atom is 0.262 e. The van der Waals surface area contributed by atoms with Gasteiger partial charge in [-0.25, -0.2) is 9.37 Å². The lowest BCUT2D eigenvalue weighted by Crippen LogP contribution is -2.23. The normalized spacial score (nSPS) is 11.2. The molecule has 0 spiro atoms. The quantitative estimate of drug-likeness (QED) is 0.296. The molecule has 0 N–H and O–H groups in total. The van der Waals surface area contributed by atoms with Crippen LogP contribution in [-0.2, 0) is 12.3 Å². The topological polar surface area (TPSA) is 34.9 Å². The second-order valence-electron chi connectivity index (χ2n) is 6.06. The zero-order valence-electron chi connectivity index (χ0n) is 14.5. The van der Waals surface area contributed by atoms with Crippen LogP contribution in [0.4, 0.5) is 4.39 Å². The van der Waals surface area contributed by atoms with E-state index in [9.17, 15) is 9.18 Å². The van der Waals surface area contributed by atoms with Crippen molar-refractivity contribution in [3.63, 3.8) is 0 Å². The maximum absolute atomic E-state index is 14.0. The van der Waals surface area contributed by atoms with Gasteiger partial charge in [0.15, 0.2) is 5.16 Å². The SMILES string of the molecule is CCCCCn1c(SCc2c(F)cccc2Cl)nc2ccccc2c1=O. The standard InChI is InChI=1S/C20H20ClFN2OS/c1-2-3-6-12-24-19(25)14-8-4-5-11-18(14)23-20(24)26-13-15-16(21)9-7-10-17(15)22/h4-5,7-11H,2-3,6,12-13H2,1H3. The molecule has 0 fully saturated rings. The number of hydrogen-bond donors (Lipinski definition) is 0. The predicted octanol–water partition coefficient (Wildman–Crippen LogP) is 5.67. The Balaban J connectivity index is 1.97. The first-order chi connectivity index (χ1) is 12.6. The average Bonchev–Trinajstić information content (AvgIpc) is 2.64. The summed E-state index contributed by atoms with van der Waals surface area (Å²) < 4.78 is 15.8. The molecule has 0 amide bonds. The lowest BCUT2D eigenvalue weighted by atomic mass is 10.2. The second-order valence-corrected chi connectivity index (χ2v) is 7.41. The number of nitrogens with zero attached hydrogens (tertiary/aromatic N) is 2. The summed E-state index contributed by atoms with van der Waals surface area (Å²) in [5.41, 5.74) is 1.04. The third kappa shape index (κ3) is 4.10. The summed E-state index contributed by atoms with van der Waals surface area (Å²) in [6.45, 7) is 2.73. The molecule has 1 aromatic heterocycles. The highest BCUT2D eigenvalue weighted by molar-refractivity contribution is 7.98. The number of fused-ring (bicyclic) bond motifs is 1. The first-order valence-corrected chi connectivity index (χ1v) is 10.0. The highest BCUT2D eigenvalue weighted by atomic mass is 35.5. The minimum atomic E-state index is -0.342. The van der Waals surface area contributed by atoms with E-state index in [1.54, 1.807) is 22.8 Å². The van der Waals surface area contributed by atoms with Crippen molar-refractivity contribution in [1.82, 2.24) is 9.55 Å². The molecule has 0 aliphatic rings. The number of unbranched alkanes of at least 4 members (excludes halogenated alkanes) is 2. The van der Waals surface area contributed by atoms with Gasteiger partial charge in [0, 0.05) is 22.9 Å². The van der Waals surface area contributed by atoms with Gasteiger partial charge in [-0.05, 0) is 30.7 Å². The maximum atomic E-state index is 14.0. The van der Waals surface area contributed by atoms with Gasteiger partial charge in [-0.3, -0.25) is 9.36 Å². The molecule has 3 aromatic rings. The molecule has 0 radical (unpaired) electrons. The summed E-state index contributed by atoms with van der Waals surface area (Å²) in [5.74, 6) is -0.0185. The fourth-order valence-corrected chi connectivity index (χ4v) is 4.15. The fourth-order valence-electron chi connectivity index (χ4n) is 2.78. The molecule has 3 rings (SSSR count). The molecular formula is C20H20ClFN2OS. The molecule has 0 atom stereocenters. The number of aromatic nitrogens is 2. The second kappa shape index (κ2) is 8.69. The average molecular weight is 391 g/mol. The first-order valence-electron chi connectivity index (χ1n) is 8.67. The zero-order chi connectivity index (χ0) is 18.5. The Morgan fingerprint density at radius 1 is 1.15 bits per heavy atom. The van der Waals surface area contributed by atoms with Gasteiger partial charge in [-0.2, -0.15) is 0 Å². The lowest BCUT2D eigenvalue weighted by molar-refractivity contribution is 0.541. The molecule has 0 saturated carbocycles. The Kier molecular flexibility index (Phi) is 6.33. The summed E-state index contributed by atoms with van der Waals surface area (Å²) >= 11 is 7.46. The number of benzene rings is 2. The number of para-hydroxylation sites is 1. The van der Waals surface area contributed by atoms with E-state index in [4.69, 9.17) is 11.6 Å². The van der Waals surface area contributed by atoms with E-state index in [0.29, 0.717) is 38.9 Å². The molecule has 6 heteroatoms. The van der Waals surface area contributed by atoms with Gasteiger partial charge in [0.05, 0.1) is 10.9 Å². The van der Waals surface area contributed by atoms with Crippen molar-refractivity contribution in [3.8, 4) is 0 Å². The van der Waals surface area contributed by atoms with Gasteiger partial charge >= 0.3 is 0 Å². The van der Waals surface area contributed by atoms with E-state index in [2.05, 4.69) is 11.9 Å². The van der Waals surface area contributed by atoms with Gasteiger partial charge in [-0.15, -0.1) is 0 Å². The van der Waals surface area contributed by atoms with E-state index in [1.807, 2.05) is 18.2 Å². The van der Waals surface area contributed by atoms with Crippen molar-refractivity contribution in [2.75, 3.05) is 0 Å². The highest BCUT2D eigenvalue weighted by Gasteiger charge is 2.14. The number of halogens is 2. The molecule has 3 nitrogen and oxygen atoms in total. The van der Waals surface area contributed by atoms with Crippen molar-refractivity contribution in [1.29, 1.82) is 0 Å².